The van der Waals surface area contributed by atoms with E-state index in [1.165, 1.54) is 34.5 Å². The largest absolute Gasteiger partial charge is 0.452 e. The van der Waals surface area contributed by atoms with Gasteiger partial charge in [0.1, 0.15) is 11.0 Å². The minimum Gasteiger partial charge on any atom is -0.452 e. The van der Waals surface area contributed by atoms with Crippen LogP contribution < -0.4 is 0 Å². The van der Waals surface area contributed by atoms with E-state index in [4.69, 9.17) is 16.3 Å². The molecule has 8 heteroatoms. The first-order valence-electron chi connectivity index (χ1n) is 10.1. The molecule has 1 amide bonds. The van der Waals surface area contributed by atoms with Crippen LogP contribution >= 0.6 is 11.6 Å². The number of esters is 1. The molecule has 0 aliphatic carbocycles. The van der Waals surface area contributed by atoms with Gasteiger partial charge in [-0.15, -0.1) is 0 Å². The van der Waals surface area contributed by atoms with Crippen molar-refractivity contribution >= 4 is 29.6 Å². The second-order valence-corrected chi connectivity index (χ2v) is 7.81. The minimum atomic E-state index is -0.652. The third kappa shape index (κ3) is 4.73. The molecular formula is C24H21ClFN3O3. The molecule has 3 aromatic rings. The van der Waals surface area contributed by atoms with Crippen molar-refractivity contribution in [3.63, 3.8) is 0 Å². The van der Waals surface area contributed by atoms with Crippen LogP contribution in [0.25, 0.3) is 11.8 Å². The van der Waals surface area contributed by atoms with E-state index < -0.39 is 5.97 Å². The van der Waals surface area contributed by atoms with Gasteiger partial charge in [-0.25, -0.2) is 13.9 Å². The Hall–Kier alpha value is -3.45. The van der Waals surface area contributed by atoms with Gasteiger partial charge in [-0.1, -0.05) is 35.9 Å². The number of fused-ring (bicyclic) bond motifs is 1. The zero-order valence-corrected chi connectivity index (χ0v) is 18.2. The molecule has 2 heterocycles. The second kappa shape index (κ2) is 9.36. The lowest BCUT2D eigenvalue weighted by atomic mass is 10.00. The monoisotopic (exact) mass is 453 g/mol. The van der Waals surface area contributed by atoms with Gasteiger partial charge in [-0.05, 0) is 54.8 Å². The van der Waals surface area contributed by atoms with E-state index in [9.17, 15) is 14.0 Å². The van der Waals surface area contributed by atoms with Crippen molar-refractivity contribution in [2.24, 2.45) is 0 Å². The number of aryl methyl sites for hydroxylation is 1. The van der Waals surface area contributed by atoms with Crippen molar-refractivity contribution in [1.82, 2.24) is 14.7 Å². The summed E-state index contributed by atoms with van der Waals surface area (Å²) in [6.07, 6.45) is 3.49. The molecule has 0 unspecified atom stereocenters. The quantitative estimate of drug-likeness (QED) is 0.430. The molecular weight excluding hydrogens is 433 g/mol. The van der Waals surface area contributed by atoms with Crippen molar-refractivity contribution in [2.75, 3.05) is 13.2 Å². The molecule has 0 atom stereocenters. The van der Waals surface area contributed by atoms with E-state index in [1.807, 2.05) is 18.2 Å². The number of carbonyl (C=O) groups excluding carboxylic acids is 2. The molecule has 0 radical (unpaired) electrons. The first-order valence-corrected chi connectivity index (χ1v) is 10.5. The number of halogens is 2. The Balaban J connectivity index is 1.36. The van der Waals surface area contributed by atoms with Gasteiger partial charge < -0.3 is 9.64 Å². The highest BCUT2D eigenvalue weighted by molar-refractivity contribution is 6.31. The molecule has 0 fully saturated rings. The number of amides is 1. The fourth-order valence-electron chi connectivity index (χ4n) is 3.59. The smallest absolute Gasteiger partial charge is 0.331 e. The Morgan fingerprint density at radius 1 is 1.16 bits per heavy atom. The maximum absolute atomic E-state index is 13.2. The molecule has 1 aromatic heterocycles. The third-order valence-corrected chi connectivity index (χ3v) is 5.69. The molecule has 6 nitrogen and oxygen atoms in total. The molecule has 0 saturated heterocycles. The van der Waals surface area contributed by atoms with Crippen LogP contribution in [0.2, 0.25) is 5.15 Å². The highest BCUT2D eigenvalue weighted by Gasteiger charge is 2.21. The first-order chi connectivity index (χ1) is 15.4. The van der Waals surface area contributed by atoms with Gasteiger partial charge in [0.05, 0.1) is 11.4 Å². The molecule has 1 aliphatic rings. The van der Waals surface area contributed by atoms with Gasteiger partial charge in [0.25, 0.3) is 5.91 Å². The molecule has 32 heavy (non-hydrogen) atoms. The van der Waals surface area contributed by atoms with E-state index in [2.05, 4.69) is 11.2 Å². The van der Waals surface area contributed by atoms with E-state index in [-0.39, 0.29) is 23.5 Å². The van der Waals surface area contributed by atoms with Gasteiger partial charge >= 0.3 is 5.97 Å². The van der Waals surface area contributed by atoms with Crippen LogP contribution in [0.3, 0.4) is 0 Å². The number of nitrogens with zero attached hydrogens (tertiary/aromatic N) is 3. The standard InChI is InChI=1S/C24H21ClFN3O3/c1-16-21(24(25)29(27-16)20-8-6-19(26)7-9-20)10-11-23(31)32-15-22(30)28-13-12-17-4-2-3-5-18(17)14-28/h2-11H,12-15H2,1H3/b11-10+. The number of carbonyl (C=O) groups is 2. The maximum Gasteiger partial charge on any atom is 0.331 e. The number of rotatable bonds is 5. The Morgan fingerprint density at radius 2 is 1.88 bits per heavy atom. The predicted molar refractivity (Wildman–Crippen MR) is 119 cm³/mol. The summed E-state index contributed by atoms with van der Waals surface area (Å²) in [7, 11) is 0. The van der Waals surface area contributed by atoms with E-state index >= 15 is 0 Å². The predicted octanol–water partition coefficient (Wildman–Crippen LogP) is 4.11. The van der Waals surface area contributed by atoms with Gasteiger partial charge in [0.15, 0.2) is 6.61 Å². The SMILES string of the molecule is Cc1nn(-c2ccc(F)cc2)c(Cl)c1/C=C/C(=O)OCC(=O)N1CCc2ccccc2C1. The van der Waals surface area contributed by atoms with Crippen LogP contribution in [-0.2, 0) is 27.3 Å². The Labute approximate surface area is 189 Å². The molecule has 164 valence electrons. The Bertz CT molecular complexity index is 1190. The highest BCUT2D eigenvalue weighted by atomic mass is 35.5. The summed E-state index contributed by atoms with van der Waals surface area (Å²) in [6.45, 7) is 2.53. The lowest BCUT2D eigenvalue weighted by molar-refractivity contribution is -0.148. The van der Waals surface area contributed by atoms with Crippen molar-refractivity contribution in [2.45, 2.75) is 19.9 Å². The fourth-order valence-corrected chi connectivity index (χ4v) is 3.92. The van der Waals surface area contributed by atoms with Crippen LogP contribution in [0, 0.1) is 12.7 Å². The summed E-state index contributed by atoms with van der Waals surface area (Å²) < 4.78 is 19.7. The van der Waals surface area contributed by atoms with Crippen molar-refractivity contribution in [3.8, 4) is 5.69 Å². The summed E-state index contributed by atoms with van der Waals surface area (Å²) in [5.41, 5.74) is 4.07. The van der Waals surface area contributed by atoms with Gasteiger partial charge in [-0.2, -0.15) is 5.10 Å². The van der Waals surface area contributed by atoms with Crippen molar-refractivity contribution < 1.29 is 18.7 Å². The summed E-state index contributed by atoms with van der Waals surface area (Å²) in [5, 5.41) is 4.62. The number of ether oxygens (including phenoxy) is 1. The van der Waals surface area contributed by atoms with E-state index in [0.717, 1.165) is 12.0 Å². The maximum atomic E-state index is 13.2. The molecule has 2 aromatic carbocycles. The summed E-state index contributed by atoms with van der Waals surface area (Å²) in [4.78, 5) is 26.3. The van der Waals surface area contributed by atoms with Gasteiger partial charge in [0, 0.05) is 24.7 Å². The van der Waals surface area contributed by atoms with Gasteiger partial charge in [-0.3, -0.25) is 4.79 Å². The number of hydrogen-bond acceptors (Lipinski definition) is 4. The molecule has 0 N–H and O–H groups in total. The molecule has 0 bridgehead atoms. The summed E-state index contributed by atoms with van der Waals surface area (Å²) in [6, 6.07) is 13.7. The topological polar surface area (TPSA) is 64.4 Å². The first kappa shape index (κ1) is 21.8. The summed E-state index contributed by atoms with van der Waals surface area (Å²) >= 11 is 6.40. The molecule has 0 spiro atoms. The lowest BCUT2D eigenvalue weighted by Gasteiger charge is -2.28. The zero-order valence-electron chi connectivity index (χ0n) is 17.4. The fraction of sp³-hybridized carbons (Fsp3) is 0.208. The Morgan fingerprint density at radius 3 is 2.62 bits per heavy atom. The average molecular weight is 454 g/mol. The van der Waals surface area contributed by atoms with Crippen LogP contribution in [0.1, 0.15) is 22.4 Å². The van der Waals surface area contributed by atoms with Crippen LogP contribution in [0.4, 0.5) is 4.39 Å². The average Bonchev–Trinajstić information content (AvgIpc) is 3.09. The highest BCUT2D eigenvalue weighted by Crippen LogP contribution is 2.25. The second-order valence-electron chi connectivity index (χ2n) is 7.45. The van der Waals surface area contributed by atoms with Crippen molar-refractivity contribution in [3.05, 3.63) is 88.0 Å². The Kier molecular flexibility index (Phi) is 6.37. The van der Waals surface area contributed by atoms with Crippen LogP contribution in [0.15, 0.2) is 54.6 Å². The van der Waals surface area contributed by atoms with E-state index in [0.29, 0.717) is 30.0 Å². The van der Waals surface area contributed by atoms with Crippen LogP contribution in [-0.4, -0.2) is 39.7 Å². The molecule has 0 saturated carbocycles. The number of hydrogen-bond donors (Lipinski definition) is 0. The van der Waals surface area contributed by atoms with Crippen LogP contribution in [0.5, 0.6) is 0 Å². The third-order valence-electron chi connectivity index (χ3n) is 5.33. The zero-order chi connectivity index (χ0) is 22.7. The van der Waals surface area contributed by atoms with Gasteiger partial charge in [0.2, 0.25) is 0 Å². The van der Waals surface area contributed by atoms with Crippen molar-refractivity contribution in [1.29, 1.82) is 0 Å². The normalized spacial score (nSPS) is 13.3. The molecule has 4 rings (SSSR count). The number of aromatic nitrogens is 2. The van der Waals surface area contributed by atoms with E-state index in [1.54, 1.807) is 24.0 Å². The lowest BCUT2D eigenvalue weighted by Crippen LogP contribution is -2.38. The summed E-state index contributed by atoms with van der Waals surface area (Å²) in [5.74, 6) is -1.25. The minimum absolute atomic E-state index is 0.236. The number of benzene rings is 2. The molecule has 1 aliphatic heterocycles.